The predicted octanol–water partition coefficient (Wildman–Crippen LogP) is 4.47. The van der Waals surface area contributed by atoms with Crippen molar-refractivity contribution in [1.29, 1.82) is 0 Å². The molecule has 24 heavy (non-hydrogen) atoms. The number of ether oxygens (including phenoxy) is 1. The Morgan fingerprint density at radius 1 is 1.08 bits per heavy atom. The summed E-state index contributed by atoms with van der Waals surface area (Å²) in [6, 6.07) is 18.1. The van der Waals surface area contributed by atoms with Crippen LogP contribution in [0.2, 0.25) is 0 Å². The Balaban J connectivity index is 2.10. The van der Waals surface area contributed by atoms with Gasteiger partial charge in [-0.05, 0) is 35.3 Å². The number of carboxylic acids is 1. The molecule has 0 bridgehead atoms. The van der Waals surface area contributed by atoms with Gasteiger partial charge in [0.05, 0.1) is 0 Å². The smallest absolute Gasteiger partial charge is 0.328 e. The molecule has 1 N–H and O–H groups in total. The standard InChI is InChI=1S/C21H18O3/c1-15(13-20(22)23)11-12-17-14-24-19-10-6-5-9-18(19)21(17)16-7-3-2-4-8-16/h2-13H,14H2,1H3,(H,22,23)/b12-11+,15-13+. The maximum absolute atomic E-state index is 10.8. The molecule has 1 heterocycles. The van der Waals surface area contributed by atoms with E-state index in [2.05, 4.69) is 12.1 Å². The average molecular weight is 318 g/mol. The summed E-state index contributed by atoms with van der Waals surface area (Å²) >= 11 is 0. The van der Waals surface area contributed by atoms with Gasteiger partial charge in [-0.15, -0.1) is 0 Å². The van der Waals surface area contributed by atoms with Crippen LogP contribution in [-0.4, -0.2) is 17.7 Å². The van der Waals surface area contributed by atoms with Crippen LogP contribution < -0.4 is 4.74 Å². The maximum atomic E-state index is 10.8. The summed E-state index contributed by atoms with van der Waals surface area (Å²) in [5.41, 5.74) is 5.00. The van der Waals surface area contributed by atoms with Crippen LogP contribution in [0.4, 0.5) is 0 Å². The summed E-state index contributed by atoms with van der Waals surface area (Å²) in [5.74, 6) is -0.0778. The minimum absolute atomic E-state index is 0.456. The molecule has 2 aromatic carbocycles. The molecule has 0 unspecified atom stereocenters. The number of allylic oxidation sites excluding steroid dienone is 2. The zero-order valence-electron chi connectivity index (χ0n) is 13.4. The van der Waals surface area contributed by atoms with Gasteiger partial charge in [0.1, 0.15) is 12.4 Å². The number of rotatable bonds is 4. The first-order chi connectivity index (χ1) is 11.6. The zero-order chi connectivity index (χ0) is 16.9. The Morgan fingerprint density at radius 2 is 1.79 bits per heavy atom. The third-order valence-corrected chi connectivity index (χ3v) is 3.82. The first kappa shape index (κ1) is 15.8. The minimum Gasteiger partial charge on any atom is -0.488 e. The molecule has 0 aliphatic carbocycles. The number of hydrogen-bond donors (Lipinski definition) is 1. The lowest BCUT2D eigenvalue weighted by atomic mass is 9.90. The van der Waals surface area contributed by atoms with E-state index >= 15 is 0 Å². The first-order valence-electron chi connectivity index (χ1n) is 7.75. The van der Waals surface area contributed by atoms with Gasteiger partial charge >= 0.3 is 5.97 Å². The fourth-order valence-electron chi connectivity index (χ4n) is 2.75. The molecular formula is C21H18O3. The Hall–Kier alpha value is -3.07. The Labute approximate surface area is 141 Å². The number of carbonyl (C=O) groups is 1. The van der Waals surface area contributed by atoms with Gasteiger partial charge in [-0.25, -0.2) is 4.79 Å². The second-order valence-corrected chi connectivity index (χ2v) is 5.61. The van der Waals surface area contributed by atoms with E-state index in [0.717, 1.165) is 28.0 Å². The summed E-state index contributed by atoms with van der Waals surface area (Å²) in [4.78, 5) is 10.8. The van der Waals surface area contributed by atoms with Crippen LogP contribution in [0.1, 0.15) is 18.1 Å². The third kappa shape index (κ3) is 3.46. The van der Waals surface area contributed by atoms with Gasteiger partial charge < -0.3 is 9.84 Å². The zero-order valence-corrected chi connectivity index (χ0v) is 13.4. The number of aliphatic carboxylic acids is 1. The van der Waals surface area contributed by atoms with Gasteiger partial charge in [0.25, 0.3) is 0 Å². The summed E-state index contributed by atoms with van der Waals surface area (Å²) in [7, 11) is 0. The van der Waals surface area contributed by atoms with Crippen molar-refractivity contribution < 1.29 is 14.6 Å². The van der Waals surface area contributed by atoms with Crippen molar-refractivity contribution in [2.24, 2.45) is 0 Å². The van der Waals surface area contributed by atoms with Gasteiger partial charge in [-0.1, -0.05) is 60.7 Å². The summed E-state index contributed by atoms with van der Waals surface area (Å²) in [5, 5.41) is 8.83. The Morgan fingerprint density at radius 3 is 2.54 bits per heavy atom. The largest absolute Gasteiger partial charge is 0.488 e. The molecule has 0 aromatic heterocycles. The molecule has 0 radical (unpaired) electrons. The van der Waals surface area contributed by atoms with Crippen LogP contribution >= 0.6 is 0 Å². The number of benzene rings is 2. The van der Waals surface area contributed by atoms with Gasteiger partial charge in [-0.3, -0.25) is 0 Å². The minimum atomic E-state index is -0.945. The van der Waals surface area contributed by atoms with E-state index in [4.69, 9.17) is 9.84 Å². The van der Waals surface area contributed by atoms with E-state index < -0.39 is 5.97 Å². The molecule has 1 aliphatic heterocycles. The lowest BCUT2D eigenvalue weighted by molar-refractivity contribution is -0.131. The van der Waals surface area contributed by atoms with Gasteiger partial charge in [-0.2, -0.15) is 0 Å². The molecule has 0 atom stereocenters. The SMILES string of the molecule is CC(/C=C/C1=C(c2ccccc2)c2ccccc2OC1)=C\C(=O)O. The highest BCUT2D eigenvalue weighted by atomic mass is 16.5. The monoisotopic (exact) mass is 318 g/mol. The number of para-hydroxylation sites is 1. The topological polar surface area (TPSA) is 46.5 Å². The van der Waals surface area contributed by atoms with Gasteiger partial charge in [0.15, 0.2) is 0 Å². The van der Waals surface area contributed by atoms with E-state index in [0.29, 0.717) is 12.2 Å². The highest BCUT2D eigenvalue weighted by Gasteiger charge is 2.19. The normalized spacial score (nSPS) is 14.5. The fourth-order valence-corrected chi connectivity index (χ4v) is 2.75. The summed E-state index contributed by atoms with van der Waals surface area (Å²) in [6.45, 7) is 2.23. The van der Waals surface area contributed by atoms with Crippen LogP contribution in [0.25, 0.3) is 5.57 Å². The summed E-state index contributed by atoms with van der Waals surface area (Å²) in [6.07, 6.45) is 4.94. The van der Waals surface area contributed by atoms with Crippen molar-refractivity contribution in [3.8, 4) is 5.75 Å². The van der Waals surface area contributed by atoms with Crippen LogP contribution in [-0.2, 0) is 4.79 Å². The lowest BCUT2D eigenvalue weighted by Gasteiger charge is -2.23. The maximum Gasteiger partial charge on any atom is 0.328 e. The highest BCUT2D eigenvalue weighted by molar-refractivity contribution is 5.87. The molecule has 3 rings (SSSR count). The van der Waals surface area contributed by atoms with E-state index in [1.165, 1.54) is 6.08 Å². The molecule has 1 aliphatic rings. The van der Waals surface area contributed by atoms with Gasteiger partial charge in [0.2, 0.25) is 0 Å². The second-order valence-electron chi connectivity index (χ2n) is 5.61. The van der Waals surface area contributed by atoms with Crippen molar-refractivity contribution in [3.05, 3.63) is 95.1 Å². The molecule has 3 nitrogen and oxygen atoms in total. The van der Waals surface area contributed by atoms with Crippen LogP contribution in [0.15, 0.2) is 84.0 Å². The number of hydrogen-bond acceptors (Lipinski definition) is 2. The van der Waals surface area contributed by atoms with E-state index in [1.807, 2.05) is 54.6 Å². The number of carboxylic acid groups (broad SMARTS) is 1. The third-order valence-electron chi connectivity index (χ3n) is 3.82. The molecular weight excluding hydrogens is 300 g/mol. The Bertz CT molecular complexity index is 842. The lowest BCUT2D eigenvalue weighted by Crippen LogP contribution is -2.11. The quantitative estimate of drug-likeness (QED) is 0.668. The molecule has 0 amide bonds. The van der Waals surface area contributed by atoms with Crippen molar-refractivity contribution in [1.82, 2.24) is 0 Å². The van der Waals surface area contributed by atoms with E-state index in [1.54, 1.807) is 6.92 Å². The number of fused-ring (bicyclic) bond motifs is 1. The fraction of sp³-hybridized carbons (Fsp3) is 0.0952. The molecule has 3 heteroatoms. The summed E-state index contributed by atoms with van der Waals surface area (Å²) < 4.78 is 5.86. The predicted molar refractivity (Wildman–Crippen MR) is 94.9 cm³/mol. The van der Waals surface area contributed by atoms with Crippen molar-refractivity contribution >= 4 is 11.5 Å². The van der Waals surface area contributed by atoms with Crippen LogP contribution in [0.3, 0.4) is 0 Å². The molecule has 2 aromatic rings. The molecule has 0 spiro atoms. The van der Waals surface area contributed by atoms with Gasteiger partial charge in [0, 0.05) is 11.6 Å². The van der Waals surface area contributed by atoms with Crippen molar-refractivity contribution in [2.75, 3.05) is 6.61 Å². The molecule has 0 saturated carbocycles. The highest BCUT2D eigenvalue weighted by Crippen LogP contribution is 2.37. The molecule has 0 saturated heterocycles. The molecule has 0 fully saturated rings. The van der Waals surface area contributed by atoms with Crippen LogP contribution in [0, 0.1) is 0 Å². The Kier molecular flexibility index (Phi) is 4.62. The van der Waals surface area contributed by atoms with Crippen LogP contribution in [0.5, 0.6) is 5.75 Å². The first-order valence-corrected chi connectivity index (χ1v) is 7.75. The van der Waals surface area contributed by atoms with Crippen molar-refractivity contribution in [3.63, 3.8) is 0 Å². The van der Waals surface area contributed by atoms with E-state index in [9.17, 15) is 4.79 Å². The van der Waals surface area contributed by atoms with Crippen molar-refractivity contribution in [2.45, 2.75) is 6.92 Å². The molecule has 120 valence electrons. The average Bonchev–Trinajstić information content (AvgIpc) is 2.59. The van der Waals surface area contributed by atoms with E-state index in [-0.39, 0.29) is 0 Å². The second kappa shape index (κ2) is 7.01.